The molecule has 0 spiro atoms. The Bertz CT molecular complexity index is 551. The van der Waals surface area contributed by atoms with Crippen LogP contribution < -0.4 is 16.2 Å². The lowest BCUT2D eigenvalue weighted by Gasteiger charge is -2.47. The fourth-order valence-corrected chi connectivity index (χ4v) is 3.60. The van der Waals surface area contributed by atoms with Gasteiger partial charge >= 0.3 is 11.8 Å². The van der Waals surface area contributed by atoms with Gasteiger partial charge in [0.1, 0.15) is 5.82 Å². The van der Waals surface area contributed by atoms with E-state index in [1.165, 1.54) is 19.3 Å². The molecule has 0 aliphatic carbocycles. The van der Waals surface area contributed by atoms with Crippen LogP contribution in [0, 0.1) is 0 Å². The fourth-order valence-electron chi connectivity index (χ4n) is 3.60. The van der Waals surface area contributed by atoms with Gasteiger partial charge in [0.2, 0.25) is 0 Å². The van der Waals surface area contributed by atoms with Gasteiger partial charge in [0.15, 0.2) is 0 Å². The molecule has 2 atom stereocenters. The van der Waals surface area contributed by atoms with Crippen LogP contribution in [0.25, 0.3) is 0 Å². The lowest BCUT2D eigenvalue weighted by molar-refractivity contribution is -0.139. The minimum absolute atomic E-state index is 0.0783. The normalized spacial score (nSPS) is 27.1. The van der Waals surface area contributed by atoms with E-state index >= 15 is 0 Å². The number of nitrogens with one attached hydrogen (secondary N) is 3. The standard InChI is InChI=1S/C16H23N5O2/c1-21-12-5-4-6-13(21)10-11(9-12)18-15(22)16(23)20-19-14-7-2-3-8-17-14/h2-3,7-8,11-13H,4-6,9-10H2,1H3,(H,17,19)(H,18,22)(H,20,23). The van der Waals surface area contributed by atoms with Gasteiger partial charge in [-0.3, -0.25) is 20.4 Å². The summed E-state index contributed by atoms with van der Waals surface area (Å²) in [5.74, 6) is -0.803. The molecule has 124 valence electrons. The van der Waals surface area contributed by atoms with Crippen molar-refractivity contribution in [2.45, 2.75) is 50.2 Å². The molecule has 1 aromatic rings. The average Bonchev–Trinajstić information content (AvgIpc) is 2.54. The third-order valence-corrected chi connectivity index (χ3v) is 4.85. The molecule has 2 amide bonds. The molecule has 0 aromatic carbocycles. The molecule has 0 saturated carbocycles. The van der Waals surface area contributed by atoms with Gasteiger partial charge in [0.25, 0.3) is 0 Å². The molecular formula is C16H23N5O2. The molecule has 2 unspecified atom stereocenters. The second-order valence-electron chi connectivity index (χ2n) is 6.34. The number of carbonyl (C=O) groups is 2. The van der Waals surface area contributed by atoms with E-state index in [0.717, 1.165) is 12.8 Å². The number of nitrogens with zero attached hydrogens (tertiary/aromatic N) is 2. The molecular weight excluding hydrogens is 294 g/mol. The first-order valence-corrected chi connectivity index (χ1v) is 8.13. The number of amides is 2. The van der Waals surface area contributed by atoms with Gasteiger partial charge in [-0.15, -0.1) is 0 Å². The summed E-state index contributed by atoms with van der Waals surface area (Å²) in [6.07, 6.45) is 7.04. The summed E-state index contributed by atoms with van der Waals surface area (Å²) in [5, 5.41) is 2.87. The second kappa shape index (κ2) is 6.95. The van der Waals surface area contributed by atoms with Gasteiger partial charge in [-0.1, -0.05) is 12.5 Å². The maximum Gasteiger partial charge on any atom is 0.327 e. The highest BCUT2D eigenvalue weighted by Gasteiger charge is 2.36. The van der Waals surface area contributed by atoms with Crippen LogP contribution in [0.5, 0.6) is 0 Å². The molecule has 2 bridgehead atoms. The predicted molar refractivity (Wildman–Crippen MR) is 86.4 cm³/mol. The molecule has 0 radical (unpaired) electrons. The molecule has 2 saturated heterocycles. The van der Waals surface area contributed by atoms with Crippen LogP contribution in [-0.2, 0) is 9.59 Å². The highest BCUT2D eigenvalue weighted by atomic mass is 16.2. The first kappa shape index (κ1) is 15.7. The van der Waals surface area contributed by atoms with Crippen molar-refractivity contribution in [1.29, 1.82) is 0 Å². The minimum Gasteiger partial charge on any atom is -0.345 e. The molecule has 23 heavy (non-hydrogen) atoms. The van der Waals surface area contributed by atoms with Gasteiger partial charge in [-0.05, 0) is 44.9 Å². The van der Waals surface area contributed by atoms with E-state index in [0.29, 0.717) is 17.9 Å². The van der Waals surface area contributed by atoms with E-state index in [4.69, 9.17) is 0 Å². The van der Waals surface area contributed by atoms with E-state index in [1.54, 1.807) is 24.4 Å². The van der Waals surface area contributed by atoms with E-state index in [9.17, 15) is 9.59 Å². The number of pyridine rings is 1. The van der Waals surface area contributed by atoms with Crippen molar-refractivity contribution in [2.24, 2.45) is 0 Å². The van der Waals surface area contributed by atoms with E-state index in [2.05, 4.69) is 33.1 Å². The Balaban J connectivity index is 1.48. The molecule has 2 fully saturated rings. The molecule has 2 aliphatic heterocycles. The number of carbonyl (C=O) groups excluding carboxylic acids is 2. The van der Waals surface area contributed by atoms with Crippen LogP contribution in [0.3, 0.4) is 0 Å². The smallest absolute Gasteiger partial charge is 0.327 e. The first-order chi connectivity index (χ1) is 11.1. The van der Waals surface area contributed by atoms with E-state index in [-0.39, 0.29) is 6.04 Å². The predicted octanol–water partition coefficient (Wildman–Crippen LogP) is 0.656. The number of hydrogen-bond acceptors (Lipinski definition) is 5. The Labute approximate surface area is 135 Å². The minimum atomic E-state index is -0.695. The van der Waals surface area contributed by atoms with Gasteiger partial charge in [-0.25, -0.2) is 4.98 Å². The quantitative estimate of drug-likeness (QED) is 0.563. The lowest BCUT2D eigenvalue weighted by atomic mass is 9.82. The molecule has 3 N–H and O–H groups in total. The van der Waals surface area contributed by atoms with Crippen LogP contribution in [0.15, 0.2) is 24.4 Å². The zero-order chi connectivity index (χ0) is 16.2. The molecule has 2 aliphatic rings. The average molecular weight is 317 g/mol. The van der Waals surface area contributed by atoms with Gasteiger partial charge in [0.05, 0.1) is 0 Å². The molecule has 3 heterocycles. The van der Waals surface area contributed by atoms with Crippen molar-refractivity contribution in [3.63, 3.8) is 0 Å². The summed E-state index contributed by atoms with van der Waals surface area (Å²) in [6, 6.07) is 6.38. The Morgan fingerprint density at radius 3 is 2.57 bits per heavy atom. The lowest BCUT2D eigenvalue weighted by Crippen LogP contribution is -2.56. The zero-order valence-corrected chi connectivity index (χ0v) is 13.3. The van der Waals surface area contributed by atoms with Crippen LogP contribution >= 0.6 is 0 Å². The van der Waals surface area contributed by atoms with Gasteiger partial charge in [-0.2, -0.15) is 0 Å². The number of hydrazine groups is 1. The number of aromatic nitrogens is 1. The second-order valence-corrected chi connectivity index (χ2v) is 6.34. The number of hydrogen-bond donors (Lipinski definition) is 3. The summed E-state index contributed by atoms with van der Waals surface area (Å²) >= 11 is 0. The molecule has 1 aromatic heterocycles. The fraction of sp³-hybridized carbons (Fsp3) is 0.562. The van der Waals surface area contributed by atoms with Crippen molar-refractivity contribution < 1.29 is 9.59 Å². The summed E-state index contributed by atoms with van der Waals surface area (Å²) in [4.78, 5) is 30.3. The molecule has 7 heteroatoms. The number of rotatable bonds is 3. The summed E-state index contributed by atoms with van der Waals surface area (Å²) < 4.78 is 0. The maximum atomic E-state index is 12.0. The van der Waals surface area contributed by atoms with Gasteiger partial charge < -0.3 is 10.2 Å². The number of piperidine rings is 2. The van der Waals surface area contributed by atoms with Crippen LogP contribution in [0.4, 0.5) is 5.82 Å². The van der Waals surface area contributed by atoms with E-state index < -0.39 is 11.8 Å². The largest absolute Gasteiger partial charge is 0.345 e. The SMILES string of the molecule is CN1C2CCCC1CC(NC(=O)C(=O)NNc1ccccn1)C2. The highest BCUT2D eigenvalue weighted by molar-refractivity contribution is 6.35. The summed E-state index contributed by atoms with van der Waals surface area (Å²) in [7, 11) is 2.16. The third-order valence-electron chi connectivity index (χ3n) is 4.85. The van der Waals surface area contributed by atoms with Crippen molar-refractivity contribution in [2.75, 3.05) is 12.5 Å². The Kier molecular flexibility index (Phi) is 4.76. The zero-order valence-electron chi connectivity index (χ0n) is 13.3. The van der Waals surface area contributed by atoms with Crippen LogP contribution in [0.1, 0.15) is 32.1 Å². The van der Waals surface area contributed by atoms with Crippen molar-refractivity contribution in [1.82, 2.24) is 20.6 Å². The monoisotopic (exact) mass is 317 g/mol. The van der Waals surface area contributed by atoms with Crippen molar-refractivity contribution >= 4 is 17.6 Å². The van der Waals surface area contributed by atoms with Crippen molar-refractivity contribution in [3.8, 4) is 0 Å². The molecule has 7 nitrogen and oxygen atoms in total. The Hall–Kier alpha value is -2.15. The Morgan fingerprint density at radius 1 is 1.17 bits per heavy atom. The van der Waals surface area contributed by atoms with Crippen LogP contribution in [-0.4, -0.2) is 46.9 Å². The first-order valence-electron chi connectivity index (χ1n) is 8.13. The Morgan fingerprint density at radius 2 is 1.91 bits per heavy atom. The summed E-state index contributed by atoms with van der Waals surface area (Å²) in [6.45, 7) is 0. The van der Waals surface area contributed by atoms with Gasteiger partial charge in [0, 0.05) is 24.3 Å². The third kappa shape index (κ3) is 3.79. The van der Waals surface area contributed by atoms with Crippen molar-refractivity contribution in [3.05, 3.63) is 24.4 Å². The number of anilines is 1. The maximum absolute atomic E-state index is 12.0. The number of fused-ring (bicyclic) bond motifs is 2. The van der Waals surface area contributed by atoms with Crippen LogP contribution in [0.2, 0.25) is 0 Å². The topological polar surface area (TPSA) is 86.4 Å². The summed E-state index contributed by atoms with van der Waals surface area (Å²) in [5.41, 5.74) is 5.00. The highest BCUT2D eigenvalue weighted by Crippen LogP contribution is 2.32. The molecule has 3 rings (SSSR count). The van der Waals surface area contributed by atoms with E-state index in [1.807, 2.05) is 0 Å².